The number of hydrogen-bond donors (Lipinski definition) is 4. The zero-order valence-corrected chi connectivity index (χ0v) is 22.7. The summed E-state index contributed by atoms with van der Waals surface area (Å²) in [5.41, 5.74) is 4.68. The zero-order valence-electron chi connectivity index (χ0n) is 22.7. The Morgan fingerprint density at radius 1 is 1.11 bits per heavy atom. The van der Waals surface area contributed by atoms with Crippen molar-refractivity contribution in [1.29, 1.82) is 0 Å². The molecule has 0 aliphatic carbocycles. The van der Waals surface area contributed by atoms with Gasteiger partial charge in [0.2, 0.25) is 17.7 Å². The molecule has 2 atom stereocenters. The molecule has 0 saturated heterocycles. The number of ether oxygens (including phenoxy) is 1. The molecule has 5 N–H and O–H groups in total. The minimum atomic E-state index is -1.19. The Bertz CT molecular complexity index is 949. The van der Waals surface area contributed by atoms with Crippen molar-refractivity contribution in [2.24, 2.45) is 5.73 Å². The van der Waals surface area contributed by atoms with Crippen LogP contribution in [0.15, 0.2) is 18.2 Å². The molecule has 1 aromatic carbocycles. The van der Waals surface area contributed by atoms with E-state index >= 15 is 0 Å². The van der Waals surface area contributed by atoms with Crippen molar-refractivity contribution in [2.45, 2.75) is 97.9 Å². The largest absolute Gasteiger partial charge is 0.507 e. The highest BCUT2D eigenvalue weighted by Crippen LogP contribution is 2.33. The fourth-order valence-electron chi connectivity index (χ4n) is 3.59. The lowest BCUT2D eigenvalue weighted by Crippen LogP contribution is -2.55. The number of primary amides is 1. The minimum absolute atomic E-state index is 0.0823. The molecule has 10 nitrogen and oxygen atoms in total. The maximum Gasteiger partial charge on any atom is 0.408 e. The standard InChI is InChI=1S/C26H42N4O6/c1-9-15-30(23(34)18(13-14-19(27)31)28-24(35)36-26(6,7)8)20(22(33)29-25(3,4)5)17-12-10-11-16(2)21(17)32/h10-12,18,20,32H,9,13-15H2,1-8H3,(H2,27,31)(H,28,35)(H,29,33). The molecule has 0 aliphatic rings. The van der Waals surface area contributed by atoms with Crippen molar-refractivity contribution in [3.05, 3.63) is 29.3 Å². The van der Waals surface area contributed by atoms with Crippen molar-refractivity contribution in [2.75, 3.05) is 6.54 Å². The first-order valence-electron chi connectivity index (χ1n) is 12.2. The zero-order chi connectivity index (χ0) is 27.8. The van der Waals surface area contributed by atoms with Crippen LogP contribution in [-0.2, 0) is 19.1 Å². The molecule has 0 saturated carbocycles. The number of amides is 4. The number of benzene rings is 1. The first-order chi connectivity index (χ1) is 16.5. The molecule has 0 radical (unpaired) electrons. The number of rotatable bonds is 10. The fraction of sp³-hybridized carbons (Fsp3) is 0.615. The van der Waals surface area contributed by atoms with Crippen molar-refractivity contribution >= 4 is 23.8 Å². The number of aromatic hydroxyl groups is 1. The molecule has 36 heavy (non-hydrogen) atoms. The van der Waals surface area contributed by atoms with E-state index < -0.39 is 47.0 Å². The highest BCUT2D eigenvalue weighted by Gasteiger charge is 2.38. The molecule has 0 heterocycles. The molecule has 0 fully saturated rings. The molecule has 1 rings (SSSR count). The molecule has 4 amide bonds. The van der Waals surface area contributed by atoms with Crippen LogP contribution in [0.2, 0.25) is 0 Å². The number of hydrogen-bond acceptors (Lipinski definition) is 6. The lowest BCUT2D eigenvalue weighted by Gasteiger charge is -2.36. The molecule has 202 valence electrons. The quantitative estimate of drug-likeness (QED) is 0.383. The predicted octanol–water partition coefficient (Wildman–Crippen LogP) is 3.05. The number of aryl methyl sites for hydroxylation is 1. The Hall–Kier alpha value is -3.30. The summed E-state index contributed by atoms with van der Waals surface area (Å²) >= 11 is 0. The Morgan fingerprint density at radius 2 is 1.72 bits per heavy atom. The molecule has 0 spiro atoms. The van der Waals surface area contributed by atoms with E-state index in [2.05, 4.69) is 10.6 Å². The summed E-state index contributed by atoms with van der Waals surface area (Å²) in [4.78, 5) is 52.7. The van der Waals surface area contributed by atoms with Gasteiger partial charge < -0.3 is 31.1 Å². The average molecular weight is 507 g/mol. The van der Waals surface area contributed by atoms with Gasteiger partial charge in [-0.3, -0.25) is 14.4 Å². The third kappa shape index (κ3) is 9.75. The van der Waals surface area contributed by atoms with E-state index in [9.17, 15) is 24.3 Å². The van der Waals surface area contributed by atoms with E-state index in [0.717, 1.165) is 0 Å². The smallest absolute Gasteiger partial charge is 0.408 e. The summed E-state index contributed by atoms with van der Waals surface area (Å²) in [5, 5.41) is 16.3. The number of para-hydroxylation sites is 1. The molecule has 0 bridgehead atoms. The average Bonchev–Trinajstić information content (AvgIpc) is 2.70. The van der Waals surface area contributed by atoms with Crippen molar-refractivity contribution in [3.63, 3.8) is 0 Å². The molecule has 0 aromatic heterocycles. The van der Waals surface area contributed by atoms with Crippen LogP contribution < -0.4 is 16.4 Å². The van der Waals surface area contributed by atoms with Crippen LogP contribution in [0, 0.1) is 6.92 Å². The van der Waals surface area contributed by atoms with Crippen LogP contribution in [0.3, 0.4) is 0 Å². The first-order valence-corrected chi connectivity index (χ1v) is 12.2. The van der Waals surface area contributed by atoms with Gasteiger partial charge in [0.25, 0.3) is 0 Å². The number of nitrogens with one attached hydrogen (secondary N) is 2. The monoisotopic (exact) mass is 506 g/mol. The highest BCUT2D eigenvalue weighted by molar-refractivity contribution is 5.93. The van der Waals surface area contributed by atoms with Gasteiger partial charge in [-0.25, -0.2) is 4.79 Å². The van der Waals surface area contributed by atoms with Gasteiger partial charge in [-0.05, 0) is 66.9 Å². The summed E-state index contributed by atoms with van der Waals surface area (Å²) in [6.07, 6.45) is -0.593. The van der Waals surface area contributed by atoms with Gasteiger partial charge in [0.1, 0.15) is 23.4 Å². The normalized spacial score (nSPS) is 13.3. The second kappa shape index (κ2) is 12.6. The van der Waals surface area contributed by atoms with E-state index in [1.165, 1.54) is 4.90 Å². The molecule has 10 heteroatoms. The Balaban J connectivity index is 3.55. The van der Waals surface area contributed by atoms with Gasteiger partial charge in [0, 0.05) is 24.1 Å². The summed E-state index contributed by atoms with van der Waals surface area (Å²) in [5.74, 6) is -1.83. The van der Waals surface area contributed by atoms with E-state index in [4.69, 9.17) is 10.5 Å². The van der Waals surface area contributed by atoms with Crippen LogP contribution in [0.5, 0.6) is 5.75 Å². The number of nitrogens with zero attached hydrogens (tertiary/aromatic N) is 1. The predicted molar refractivity (Wildman–Crippen MR) is 137 cm³/mol. The number of phenolic OH excluding ortho intramolecular Hbond substituents is 1. The summed E-state index contributed by atoms with van der Waals surface area (Å²) in [6.45, 7) is 14.2. The molecular formula is C26H42N4O6. The van der Waals surface area contributed by atoms with Gasteiger partial charge in [-0.1, -0.05) is 25.1 Å². The van der Waals surface area contributed by atoms with Gasteiger partial charge in [0.05, 0.1) is 0 Å². The van der Waals surface area contributed by atoms with Crippen LogP contribution in [0.4, 0.5) is 4.79 Å². The summed E-state index contributed by atoms with van der Waals surface area (Å²) in [6, 6.07) is 2.61. The number of carbonyl (C=O) groups is 4. The topological polar surface area (TPSA) is 151 Å². The van der Waals surface area contributed by atoms with Gasteiger partial charge in [-0.2, -0.15) is 0 Å². The number of carbonyl (C=O) groups excluding carboxylic acids is 4. The lowest BCUT2D eigenvalue weighted by atomic mass is 9.97. The van der Waals surface area contributed by atoms with Gasteiger partial charge >= 0.3 is 6.09 Å². The fourth-order valence-corrected chi connectivity index (χ4v) is 3.59. The maximum atomic E-state index is 13.9. The summed E-state index contributed by atoms with van der Waals surface area (Å²) < 4.78 is 5.30. The van der Waals surface area contributed by atoms with Crippen molar-refractivity contribution in [1.82, 2.24) is 15.5 Å². The van der Waals surface area contributed by atoms with Crippen molar-refractivity contribution in [3.8, 4) is 5.75 Å². The minimum Gasteiger partial charge on any atom is -0.507 e. The highest BCUT2D eigenvalue weighted by atomic mass is 16.6. The van der Waals surface area contributed by atoms with Crippen LogP contribution in [0.1, 0.15) is 84.9 Å². The molecular weight excluding hydrogens is 464 g/mol. The Morgan fingerprint density at radius 3 is 2.22 bits per heavy atom. The molecule has 0 aliphatic heterocycles. The Labute approximate surface area is 213 Å². The number of nitrogens with two attached hydrogens (primary N) is 1. The van der Waals surface area contributed by atoms with Crippen molar-refractivity contribution < 1.29 is 29.0 Å². The number of alkyl carbamates (subject to hydrolysis) is 1. The van der Waals surface area contributed by atoms with Crippen LogP contribution in [0.25, 0.3) is 0 Å². The summed E-state index contributed by atoms with van der Waals surface area (Å²) in [7, 11) is 0. The number of phenols is 1. The van der Waals surface area contributed by atoms with E-state index in [1.807, 2.05) is 27.7 Å². The molecule has 2 unspecified atom stereocenters. The Kier molecular flexibility index (Phi) is 10.8. The van der Waals surface area contributed by atoms with E-state index in [1.54, 1.807) is 45.9 Å². The third-order valence-electron chi connectivity index (χ3n) is 5.04. The van der Waals surface area contributed by atoms with E-state index in [0.29, 0.717) is 12.0 Å². The lowest BCUT2D eigenvalue weighted by molar-refractivity contribution is -0.143. The first kappa shape index (κ1) is 30.7. The second-order valence-electron chi connectivity index (χ2n) is 10.9. The van der Waals surface area contributed by atoms with Crippen LogP contribution in [-0.4, -0.2) is 57.5 Å². The molecule has 1 aromatic rings. The maximum absolute atomic E-state index is 13.9. The van der Waals surface area contributed by atoms with E-state index in [-0.39, 0.29) is 30.7 Å². The van der Waals surface area contributed by atoms with Gasteiger partial charge in [-0.15, -0.1) is 0 Å². The third-order valence-corrected chi connectivity index (χ3v) is 5.04. The van der Waals surface area contributed by atoms with Gasteiger partial charge in [0.15, 0.2) is 0 Å². The SMILES string of the molecule is CCCN(C(=O)C(CCC(N)=O)NC(=O)OC(C)(C)C)C(C(=O)NC(C)(C)C)c1cccc(C)c1O. The van der Waals surface area contributed by atoms with Crippen LogP contribution >= 0.6 is 0 Å². The second-order valence-corrected chi connectivity index (χ2v) is 10.9.